The van der Waals surface area contributed by atoms with Gasteiger partial charge in [0.05, 0.1) is 11.4 Å². The molecule has 2 aromatic rings. The third-order valence-electron chi connectivity index (χ3n) is 3.06. The molecule has 0 aliphatic heterocycles. The van der Waals surface area contributed by atoms with Crippen LogP contribution in [0.5, 0.6) is 0 Å². The van der Waals surface area contributed by atoms with E-state index >= 15 is 0 Å². The van der Waals surface area contributed by atoms with E-state index in [4.69, 9.17) is 0 Å². The maximum Gasteiger partial charge on any atom is 0.186 e. The Labute approximate surface area is 105 Å². The van der Waals surface area contributed by atoms with Gasteiger partial charge in [-0.3, -0.25) is 4.68 Å². The Morgan fingerprint density at radius 1 is 1.22 bits per heavy atom. The zero-order chi connectivity index (χ0) is 13.3. The topological polar surface area (TPSA) is 55.6 Å². The van der Waals surface area contributed by atoms with Gasteiger partial charge >= 0.3 is 0 Å². The Balaban J connectivity index is 2.19. The van der Waals surface area contributed by atoms with E-state index in [1.165, 1.54) is 6.33 Å². The van der Waals surface area contributed by atoms with E-state index in [-0.39, 0.29) is 5.82 Å². The fourth-order valence-electron chi connectivity index (χ4n) is 1.83. The minimum absolute atomic E-state index is 0.227. The molecule has 18 heavy (non-hydrogen) atoms. The first-order valence-corrected chi connectivity index (χ1v) is 5.70. The lowest BCUT2D eigenvalue weighted by Gasteiger charge is -2.07. The summed E-state index contributed by atoms with van der Waals surface area (Å²) < 4.78 is 15.5. The highest BCUT2D eigenvalue weighted by atomic mass is 19.1. The normalized spacial score (nSPS) is 10.7. The molecule has 5 nitrogen and oxygen atoms in total. The van der Waals surface area contributed by atoms with Gasteiger partial charge in [0.15, 0.2) is 11.6 Å². The van der Waals surface area contributed by atoms with Crippen LogP contribution in [0.2, 0.25) is 0 Å². The number of hydrogen-bond donors (Lipinski definition) is 1. The molecule has 0 aliphatic rings. The van der Waals surface area contributed by atoms with Crippen molar-refractivity contribution in [2.24, 2.45) is 7.05 Å². The average Bonchev–Trinajstić information content (AvgIpc) is 2.56. The van der Waals surface area contributed by atoms with Crippen molar-refractivity contribution in [3.05, 3.63) is 34.8 Å². The number of anilines is 1. The second-order valence-electron chi connectivity index (χ2n) is 4.25. The van der Waals surface area contributed by atoms with Crippen molar-refractivity contribution >= 4 is 5.82 Å². The van der Waals surface area contributed by atoms with Gasteiger partial charge in [0.1, 0.15) is 6.33 Å². The average molecular weight is 249 g/mol. The van der Waals surface area contributed by atoms with Gasteiger partial charge in [-0.05, 0) is 20.8 Å². The zero-order valence-electron chi connectivity index (χ0n) is 11.0. The van der Waals surface area contributed by atoms with Gasteiger partial charge in [0.25, 0.3) is 0 Å². The Morgan fingerprint density at radius 2 is 1.94 bits per heavy atom. The number of aromatic nitrogens is 4. The van der Waals surface area contributed by atoms with Crippen molar-refractivity contribution in [1.29, 1.82) is 0 Å². The van der Waals surface area contributed by atoms with E-state index in [0.29, 0.717) is 12.2 Å². The SMILES string of the molecule is Cc1ncnc(NCc2c(C)nn(C)c2C)c1F. The lowest BCUT2D eigenvalue weighted by molar-refractivity contribution is 0.604. The molecule has 0 saturated carbocycles. The Morgan fingerprint density at radius 3 is 2.56 bits per heavy atom. The molecule has 2 aromatic heterocycles. The summed E-state index contributed by atoms with van der Waals surface area (Å²) in [5.41, 5.74) is 3.40. The molecule has 0 bridgehead atoms. The van der Waals surface area contributed by atoms with Crippen molar-refractivity contribution in [3.63, 3.8) is 0 Å². The van der Waals surface area contributed by atoms with Crippen molar-refractivity contribution in [3.8, 4) is 0 Å². The quantitative estimate of drug-likeness (QED) is 0.902. The van der Waals surface area contributed by atoms with E-state index in [0.717, 1.165) is 17.0 Å². The second-order valence-corrected chi connectivity index (χ2v) is 4.25. The summed E-state index contributed by atoms with van der Waals surface area (Å²) in [6, 6.07) is 0. The van der Waals surface area contributed by atoms with Crippen LogP contribution in [0.15, 0.2) is 6.33 Å². The summed E-state index contributed by atoms with van der Waals surface area (Å²) in [6.07, 6.45) is 1.35. The Kier molecular flexibility index (Phi) is 3.27. The summed E-state index contributed by atoms with van der Waals surface area (Å²) in [7, 11) is 1.89. The zero-order valence-corrected chi connectivity index (χ0v) is 11.0. The van der Waals surface area contributed by atoms with Crippen LogP contribution in [-0.2, 0) is 13.6 Å². The van der Waals surface area contributed by atoms with Crippen LogP contribution >= 0.6 is 0 Å². The van der Waals surface area contributed by atoms with Gasteiger partial charge in [-0.2, -0.15) is 5.10 Å². The monoisotopic (exact) mass is 249 g/mol. The molecule has 0 fully saturated rings. The summed E-state index contributed by atoms with van der Waals surface area (Å²) in [5.74, 6) is -0.179. The molecule has 2 rings (SSSR count). The van der Waals surface area contributed by atoms with Gasteiger partial charge in [0.2, 0.25) is 0 Å². The van der Waals surface area contributed by atoms with Crippen LogP contribution < -0.4 is 5.32 Å². The van der Waals surface area contributed by atoms with Crippen LogP contribution in [-0.4, -0.2) is 19.7 Å². The van der Waals surface area contributed by atoms with E-state index in [9.17, 15) is 4.39 Å². The lowest BCUT2D eigenvalue weighted by Crippen LogP contribution is -2.07. The molecular formula is C12H16FN5. The molecule has 6 heteroatoms. The first-order chi connectivity index (χ1) is 8.50. The molecule has 0 unspecified atom stereocenters. The van der Waals surface area contributed by atoms with Crippen LogP contribution in [0.4, 0.5) is 10.2 Å². The number of nitrogens with zero attached hydrogens (tertiary/aromatic N) is 4. The lowest BCUT2D eigenvalue weighted by atomic mass is 10.2. The van der Waals surface area contributed by atoms with Crippen LogP contribution in [0.3, 0.4) is 0 Å². The molecule has 0 spiro atoms. The van der Waals surface area contributed by atoms with Crippen molar-refractivity contribution in [2.45, 2.75) is 27.3 Å². The summed E-state index contributed by atoms with van der Waals surface area (Å²) in [6.45, 7) is 6.03. The highest BCUT2D eigenvalue weighted by Crippen LogP contribution is 2.16. The summed E-state index contributed by atoms with van der Waals surface area (Å²) in [4.78, 5) is 7.69. The Bertz CT molecular complexity index is 576. The fraction of sp³-hybridized carbons (Fsp3) is 0.417. The third-order valence-corrected chi connectivity index (χ3v) is 3.06. The molecular weight excluding hydrogens is 233 g/mol. The number of hydrogen-bond acceptors (Lipinski definition) is 4. The standard InChI is InChI=1S/C12H16FN5/c1-7-10(9(3)18(4)17-7)5-14-12-11(13)8(2)15-6-16-12/h6H,5H2,1-4H3,(H,14,15,16). The second kappa shape index (κ2) is 4.72. The summed E-state index contributed by atoms with van der Waals surface area (Å²) >= 11 is 0. The molecule has 0 saturated heterocycles. The summed E-state index contributed by atoms with van der Waals surface area (Å²) in [5, 5.41) is 7.30. The van der Waals surface area contributed by atoms with Gasteiger partial charge in [-0.25, -0.2) is 14.4 Å². The van der Waals surface area contributed by atoms with E-state index in [1.54, 1.807) is 6.92 Å². The first kappa shape index (κ1) is 12.5. The van der Waals surface area contributed by atoms with Gasteiger partial charge in [0, 0.05) is 24.8 Å². The van der Waals surface area contributed by atoms with Crippen LogP contribution in [0.25, 0.3) is 0 Å². The highest BCUT2D eigenvalue weighted by Gasteiger charge is 2.11. The van der Waals surface area contributed by atoms with Gasteiger partial charge in [-0.15, -0.1) is 0 Å². The number of nitrogens with one attached hydrogen (secondary N) is 1. The van der Waals surface area contributed by atoms with Crippen LogP contribution in [0.1, 0.15) is 22.6 Å². The number of rotatable bonds is 3. The largest absolute Gasteiger partial charge is 0.363 e. The molecule has 0 aliphatic carbocycles. The molecule has 1 N–H and O–H groups in total. The number of halogens is 1. The van der Waals surface area contributed by atoms with Crippen LogP contribution in [0, 0.1) is 26.6 Å². The smallest absolute Gasteiger partial charge is 0.186 e. The van der Waals surface area contributed by atoms with E-state index < -0.39 is 5.82 Å². The maximum atomic E-state index is 13.7. The van der Waals surface area contributed by atoms with Gasteiger partial charge in [-0.1, -0.05) is 0 Å². The Hall–Kier alpha value is -1.98. The van der Waals surface area contributed by atoms with Crippen molar-refractivity contribution < 1.29 is 4.39 Å². The van der Waals surface area contributed by atoms with Gasteiger partial charge < -0.3 is 5.32 Å². The molecule has 2 heterocycles. The molecule has 0 aromatic carbocycles. The third kappa shape index (κ3) is 2.18. The number of aryl methyl sites for hydroxylation is 3. The molecule has 0 radical (unpaired) electrons. The maximum absolute atomic E-state index is 13.7. The minimum atomic E-state index is -0.406. The van der Waals surface area contributed by atoms with E-state index in [1.807, 2.05) is 25.6 Å². The molecule has 0 amide bonds. The van der Waals surface area contributed by atoms with Crippen molar-refractivity contribution in [2.75, 3.05) is 5.32 Å². The van der Waals surface area contributed by atoms with E-state index in [2.05, 4.69) is 20.4 Å². The first-order valence-electron chi connectivity index (χ1n) is 5.70. The molecule has 96 valence electrons. The van der Waals surface area contributed by atoms with Crippen molar-refractivity contribution in [1.82, 2.24) is 19.7 Å². The fourth-order valence-corrected chi connectivity index (χ4v) is 1.83. The predicted molar refractivity (Wildman–Crippen MR) is 66.7 cm³/mol. The minimum Gasteiger partial charge on any atom is -0.363 e. The predicted octanol–water partition coefficient (Wildman–Crippen LogP) is 1.89. The highest BCUT2D eigenvalue weighted by molar-refractivity contribution is 5.39. The molecule has 0 atom stereocenters.